The predicted molar refractivity (Wildman–Crippen MR) is 114 cm³/mol. The smallest absolute Gasteiger partial charge is 0.263 e. The number of rotatable bonds is 3. The number of thiocarbonyl (C=S) groups is 1. The second kappa shape index (κ2) is 7.39. The largest absolute Gasteiger partial charge is 0.342 e. The van der Waals surface area contributed by atoms with Gasteiger partial charge in [0.1, 0.15) is 5.57 Å². The Balaban J connectivity index is 1.79. The number of nitrogens with one attached hydrogen (secondary N) is 2. The van der Waals surface area contributed by atoms with Crippen LogP contribution in [0.15, 0.2) is 54.2 Å². The Hall–Kier alpha value is -2.67. The van der Waals surface area contributed by atoms with Crippen LogP contribution >= 0.6 is 35.4 Å². The van der Waals surface area contributed by atoms with E-state index >= 15 is 0 Å². The molecule has 0 radical (unpaired) electrons. The molecule has 2 N–H and O–H groups in total. The second-order valence-corrected chi connectivity index (χ2v) is 7.51. The molecule has 0 bridgehead atoms. The van der Waals surface area contributed by atoms with Crippen molar-refractivity contribution in [3.63, 3.8) is 0 Å². The minimum atomic E-state index is -0.522. The number of benzene rings is 2. The van der Waals surface area contributed by atoms with Gasteiger partial charge in [0.05, 0.1) is 0 Å². The van der Waals surface area contributed by atoms with Gasteiger partial charge in [-0.1, -0.05) is 47.5 Å². The SMILES string of the molecule is O=C1NC(=S)NC(=O)C1=Cc1cn(Cc2ccc(Cl)cc2Cl)c2ccccc12. The second-order valence-electron chi connectivity index (χ2n) is 6.26. The van der Waals surface area contributed by atoms with E-state index in [4.69, 9.17) is 35.4 Å². The zero-order chi connectivity index (χ0) is 19.8. The summed E-state index contributed by atoms with van der Waals surface area (Å²) < 4.78 is 2.01. The van der Waals surface area contributed by atoms with Crippen LogP contribution in [0.2, 0.25) is 10.0 Å². The summed E-state index contributed by atoms with van der Waals surface area (Å²) in [7, 11) is 0. The highest BCUT2D eigenvalue weighted by atomic mass is 35.5. The van der Waals surface area contributed by atoms with Gasteiger partial charge < -0.3 is 4.57 Å². The van der Waals surface area contributed by atoms with E-state index in [1.165, 1.54) is 0 Å². The number of carbonyl (C=O) groups is 2. The van der Waals surface area contributed by atoms with Crippen molar-refractivity contribution in [1.29, 1.82) is 0 Å². The zero-order valence-electron chi connectivity index (χ0n) is 14.3. The van der Waals surface area contributed by atoms with Crippen molar-refractivity contribution >= 4 is 69.3 Å². The number of para-hydroxylation sites is 1. The van der Waals surface area contributed by atoms with Crippen LogP contribution in [0, 0.1) is 0 Å². The van der Waals surface area contributed by atoms with Crippen LogP contribution in [0.3, 0.4) is 0 Å². The first-order chi connectivity index (χ1) is 13.4. The zero-order valence-corrected chi connectivity index (χ0v) is 16.7. The number of hydrogen-bond donors (Lipinski definition) is 2. The summed E-state index contributed by atoms with van der Waals surface area (Å²) >= 11 is 17.1. The van der Waals surface area contributed by atoms with E-state index in [0.717, 1.165) is 22.0 Å². The van der Waals surface area contributed by atoms with Crippen LogP contribution in [0.25, 0.3) is 17.0 Å². The molecule has 1 aromatic heterocycles. The van der Waals surface area contributed by atoms with Crippen molar-refractivity contribution in [2.75, 3.05) is 0 Å². The molecule has 1 aliphatic rings. The van der Waals surface area contributed by atoms with Gasteiger partial charge in [0, 0.05) is 39.3 Å². The molecular weight excluding hydrogens is 417 g/mol. The van der Waals surface area contributed by atoms with Gasteiger partial charge in [0.15, 0.2) is 5.11 Å². The summed E-state index contributed by atoms with van der Waals surface area (Å²) in [6.45, 7) is 0.516. The molecule has 0 aliphatic carbocycles. The molecule has 5 nitrogen and oxygen atoms in total. The van der Waals surface area contributed by atoms with E-state index in [9.17, 15) is 9.59 Å². The molecule has 1 fully saturated rings. The lowest BCUT2D eigenvalue weighted by Crippen LogP contribution is -2.51. The Morgan fingerprint density at radius 2 is 1.75 bits per heavy atom. The van der Waals surface area contributed by atoms with Crippen LogP contribution in [-0.2, 0) is 16.1 Å². The first-order valence-corrected chi connectivity index (χ1v) is 9.49. The van der Waals surface area contributed by atoms with Gasteiger partial charge in [0.25, 0.3) is 11.8 Å². The van der Waals surface area contributed by atoms with E-state index < -0.39 is 11.8 Å². The highest BCUT2D eigenvalue weighted by Gasteiger charge is 2.26. The number of nitrogens with zero attached hydrogens (tertiary/aromatic N) is 1. The molecule has 28 heavy (non-hydrogen) atoms. The van der Waals surface area contributed by atoms with Crippen LogP contribution in [0.4, 0.5) is 0 Å². The molecule has 1 aliphatic heterocycles. The molecule has 140 valence electrons. The standard InChI is InChI=1S/C20H13Cl2N3O2S/c21-13-6-5-11(16(22)8-13)9-25-10-12(14-3-1-2-4-17(14)25)7-15-18(26)23-20(28)24-19(15)27/h1-8,10H,9H2,(H2,23,24,26,27,28). The number of aromatic nitrogens is 1. The normalized spacial score (nSPS) is 14.2. The lowest BCUT2D eigenvalue weighted by molar-refractivity contribution is -0.123. The number of halogens is 2. The Bertz CT molecular complexity index is 1160. The summed E-state index contributed by atoms with van der Waals surface area (Å²) in [5.74, 6) is -1.04. The summed E-state index contributed by atoms with van der Waals surface area (Å²) in [5.41, 5.74) is 2.60. The van der Waals surface area contributed by atoms with Crippen molar-refractivity contribution in [3.05, 3.63) is 75.4 Å². The highest BCUT2D eigenvalue weighted by Crippen LogP contribution is 2.27. The summed E-state index contributed by atoms with van der Waals surface area (Å²) in [6, 6.07) is 13.1. The van der Waals surface area contributed by atoms with Gasteiger partial charge in [-0.15, -0.1) is 0 Å². The molecular formula is C20H13Cl2N3O2S. The molecule has 0 saturated carbocycles. The van der Waals surface area contributed by atoms with Gasteiger partial charge in [-0.2, -0.15) is 0 Å². The predicted octanol–water partition coefficient (Wildman–Crippen LogP) is 3.91. The van der Waals surface area contributed by atoms with E-state index in [2.05, 4.69) is 10.6 Å². The van der Waals surface area contributed by atoms with Gasteiger partial charge in [0.2, 0.25) is 0 Å². The lowest BCUT2D eigenvalue weighted by Gasteiger charge is -2.16. The number of hydrogen-bond acceptors (Lipinski definition) is 3. The Morgan fingerprint density at radius 3 is 2.46 bits per heavy atom. The topological polar surface area (TPSA) is 63.1 Å². The van der Waals surface area contributed by atoms with Gasteiger partial charge >= 0.3 is 0 Å². The Kier molecular flexibility index (Phi) is 4.93. The molecule has 3 aromatic rings. The fraction of sp³-hybridized carbons (Fsp3) is 0.0500. The van der Waals surface area contributed by atoms with Gasteiger partial charge in [-0.25, -0.2) is 0 Å². The average Bonchev–Trinajstić information content (AvgIpc) is 2.98. The van der Waals surface area contributed by atoms with Crippen LogP contribution in [0.1, 0.15) is 11.1 Å². The molecule has 2 aromatic carbocycles. The molecule has 0 unspecified atom stereocenters. The molecule has 0 atom stereocenters. The van der Waals surface area contributed by atoms with E-state index in [0.29, 0.717) is 16.6 Å². The maximum absolute atomic E-state index is 12.2. The fourth-order valence-electron chi connectivity index (χ4n) is 3.12. The molecule has 4 rings (SSSR count). The minimum absolute atomic E-state index is 0.000952. The van der Waals surface area contributed by atoms with Crippen molar-refractivity contribution in [1.82, 2.24) is 15.2 Å². The number of amides is 2. The number of carbonyl (C=O) groups excluding carboxylic acids is 2. The quantitative estimate of drug-likeness (QED) is 0.376. The molecule has 1 saturated heterocycles. The Labute approximate surface area is 175 Å². The van der Waals surface area contributed by atoms with E-state index in [1.54, 1.807) is 18.2 Å². The summed E-state index contributed by atoms with van der Waals surface area (Å²) in [6.07, 6.45) is 3.45. The highest BCUT2D eigenvalue weighted by molar-refractivity contribution is 7.80. The minimum Gasteiger partial charge on any atom is -0.342 e. The molecule has 0 spiro atoms. The molecule has 2 amide bonds. The van der Waals surface area contributed by atoms with Crippen LogP contribution in [-0.4, -0.2) is 21.5 Å². The monoisotopic (exact) mass is 429 g/mol. The number of fused-ring (bicyclic) bond motifs is 1. The van der Waals surface area contributed by atoms with Gasteiger partial charge in [-0.05, 0) is 42.1 Å². The first-order valence-electron chi connectivity index (χ1n) is 8.32. The summed E-state index contributed by atoms with van der Waals surface area (Å²) in [4.78, 5) is 24.3. The fourth-order valence-corrected chi connectivity index (χ4v) is 3.77. The molecule has 8 heteroatoms. The maximum atomic E-state index is 12.2. The van der Waals surface area contributed by atoms with Crippen LogP contribution < -0.4 is 10.6 Å². The van der Waals surface area contributed by atoms with Crippen LogP contribution in [0.5, 0.6) is 0 Å². The maximum Gasteiger partial charge on any atom is 0.263 e. The summed E-state index contributed by atoms with van der Waals surface area (Å²) in [5, 5.41) is 6.95. The molecule has 2 heterocycles. The first kappa shape index (κ1) is 18.7. The average molecular weight is 430 g/mol. The lowest BCUT2D eigenvalue weighted by atomic mass is 10.1. The third kappa shape index (κ3) is 3.54. The van der Waals surface area contributed by atoms with Gasteiger partial charge in [-0.3, -0.25) is 20.2 Å². The Morgan fingerprint density at radius 1 is 1.04 bits per heavy atom. The van der Waals surface area contributed by atoms with E-state index in [1.807, 2.05) is 41.1 Å². The third-order valence-electron chi connectivity index (χ3n) is 4.42. The third-order valence-corrected chi connectivity index (χ3v) is 5.21. The van der Waals surface area contributed by atoms with Crippen molar-refractivity contribution in [2.45, 2.75) is 6.54 Å². The van der Waals surface area contributed by atoms with Crippen molar-refractivity contribution < 1.29 is 9.59 Å². The van der Waals surface area contributed by atoms with E-state index in [-0.39, 0.29) is 10.7 Å². The van der Waals surface area contributed by atoms with Crippen molar-refractivity contribution in [2.24, 2.45) is 0 Å². The van der Waals surface area contributed by atoms with Crippen molar-refractivity contribution in [3.8, 4) is 0 Å².